The standard InChI is InChI=1S/C21H23N5OS/c22-17-5-3-14(20-2-1-11-28-20)12-19(17)26-21(27)18-6-4-16(13-24-18)25-15-7-9-23-10-8-15/h1-6,11-13,15,23,25H,7-10,22H2,(H,26,27). The van der Waals surface area contributed by atoms with Crippen molar-refractivity contribution in [2.45, 2.75) is 18.9 Å². The van der Waals surface area contributed by atoms with Gasteiger partial charge in [0.1, 0.15) is 5.69 Å². The van der Waals surface area contributed by atoms with E-state index in [4.69, 9.17) is 5.73 Å². The third-order valence-electron chi connectivity index (χ3n) is 4.81. The number of benzene rings is 1. The van der Waals surface area contributed by atoms with Crippen LogP contribution in [0.4, 0.5) is 17.1 Å². The number of thiophene rings is 1. The number of hydrogen-bond acceptors (Lipinski definition) is 6. The summed E-state index contributed by atoms with van der Waals surface area (Å²) >= 11 is 1.64. The van der Waals surface area contributed by atoms with Gasteiger partial charge >= 0.3 is 0 Å². The van der Waals surface area contributed by atoms with Gasteiger partial charge in [0.15, 0.2) is 0 Å². The minimum atomic E-state index is -0.275. The van der Waals surface area contributed by atoms with Gasteiger partial charge in [-0.1, -0.05) is 12.1 Å². The molecule has 0 radical (unpaired) electrons. The van der Waals surface area contributed by atoms with Crippen LogP contribution in [-0.4, -0.2) is 30.0 Å². The molecule has 0 aliphatic carbocycles. The maximum absolute atomic E-state index is 12.6. The first-order valence-corrected chi connectivity index (χ1v) is 10.2. The molecule has 1 aromatic carbocycles. The summed E-state index contributed by atoms with van der Waals surface area (Å²) in [6, 6.07) is 13.8. The van der Waals surface area contributed by atoms with Crippen LogP contribution in [0.3, 0.4) is 0 Å². The molecular weight excluding hydrogens is 370 g/mol. The quantitative estimate of drug-likeness (QED) is 0.495. The van der Waals surface area contributed by atoms with Gasteiger partial charge in [-0.3, -0.25) is 4.79 Å². The van der Waals surface area contributed by atoms with Crippen LogP contribution in [0.1, 0.15) is 23.3 Å². The summed E-state index contributed by atoms with van der Waals surface area (Å²) in [4.78, 5) is 18.1. The molecule has 7 heteroatoms. The normalized spacial score (nSPS) is 14.6. The lowest BCUT2D eigenvalue weighted by Crippen LogP contribution is -2.35. The van der Waals surface area contributed by atoms with E-state index in [1.165, 1.54) is 0 Å². The van der Waals surface area contributed by atoms with Crippen molar-refractivity contribution in [3.05, 3.63) is 59.7 Å². The number of rotatable bonds is 5. The lowest BCUT2D eigenvalue weighted by Gasteiger charge is -2.24. The van der Waals surface area contributed by atoms with Crippen molar-refractivity contribution in [3.8, 4) is 10.4 Å². The van der Waals surface area contributed by atoms with Crippen molar-refractivity contribution in [1.29, 1.82) is 0 Å². The lowest BCUT2D eigenvalue weighted by atomic mass is 10.1. The number of amides is 1. The van der Waals surface area contributed by atoms with Gasteiger partial charge in [0.05, 0.1) is 23.3 Å². The number of nitrogens with zero attached hydrogens (tertiary/aromatic N) is 1. The van der Waals surface area contributed by atoms with E-state index in [0.717, 1.165) is 42.1 Å². The number of carbonyl (C=O) groups is 1. The maximum Gasteiger partial charge on any atom is 0.274 e. The zero-order valence-electron chi connectivity index (χ0n) is 15.4. The monoisotopic (exact) mass is 393 g/mol. The van der Waals surface area contributed by atoms with Gasteiger partial charge < -0.3 is 21.7 Å². The Morgan fingerprint density at radius 1 is 1.18 bits per heavy atom. The molecule has 1 saturated heterocycles. The zero-order valence-corrected chi connectivity index (χ0v) is 16.3. The summed E-state index contributed by atoms with van der Waals surface area (Å²) in [5, 5.41) is 11.7. The largest absolute Gasteiger partial charge is 0.397 e. The Balaban J connectivity index is 1.44. The predicted molar refractivity (Wildman–Crippen MR) is 116 cm³/mol. The van der Waals surface area contributed by atoms with Crippen LogP contribution in [0.2, 0.25) is 0 Å². The number of carbonyl (C=O) groups excluding carboxylic acids is 1. The van der Waals surface area contributed by atoms with Gasteiger partial charge in [-0.15, -0.1) is 11.3 Å². The van der Waals surface area contributed by atoms with Crippen molar-refractivity contribution in [2.75, 3.05) is 29.5 Å². The summed E-state index contributed by atoms with van der Waals surface area (Å²) in [5.74, 6) is -0.275. The SMILES string of the molecule is Nc1ccc(-c2cccs2)cc1NC(=O)c1ccc(NC2CCNCC2)cn1. The maximum atomic E-state index is 12.6. The first-order valence-electron chi connectivity index (χ1n) is 9.37. The van der Waals surface area contributed by atoms with E-state index in [2.05, 4.69) is 20.9 Å². The Labute approximate surface area is 168 Å². The van der Waals surface area contributed by atoms with Crippen molar-refractivity contribution < 1.29 is 4.79 Å². The van der Waals surface area contributed by atoms with Crippen molar-refractivity contribution in [3.63, 3.8) is 0 Å². The Morgan fingerprint density at radius 2 is 2.04 bits per heavy atom. The molecule has 2 aromatic heterocycles. The van der Waals surface area contributed by atoms with Gasteiger partial charge in [-0.05, 0) is 67.2 Å². The van der Waals surface area contributed by atoms with Crippen LogP contribution in [0, 0.1) is 0 Å². The highest BCUT2D eigenvalue weighted by Gasteiger charge is 2.14. The molecule has 3 heterocycles. The molecule has 0 unspecified atom stereocenters. The van der Waals surface area contributed by atoms with Crippen molar-refractivity contribution >= 4 is 34.3 Å². The summed E-state index contributed by atoms with van der Waals surface area (Å²) in [6.07, 6.45) is 3.88. The molecule has 4 rings (SSSR count). The molecule has 1 aliphatic rings. The van der Waals surface area contributed by atoms with E-state index in [-0.39, 0.29) is 5.91 Å². The molecule has 144 valence electrons. The number of nitrogens with one attached hydrogen (secondary N) is 3. The lowest BCUT2D eigenvalue weighted by molar-refractivity contribution is 0.102. The van der Waals surface area contributed by atoms with E-state index in [1.807, 2.05) is 41.8 Å². The molecule has 1 fully saturated rings. The van der Waals surface area contributed by atoms with Gasteiger partial charge in [-0.2, -0.15) is 0 Å². The summed E-state index contributed by atoms with van der Waals surface area (Å²) in [7, 11) is 0. The molecule has 3 aromatic rings. The van der Waals surface area contributed by atoms with Crippen LogP contribution >= 0.6 is 11.3 Å². The van der Waals surface area contributed by atoms with Crippen LogP contribution < -0.4 is 21.7 Å². The molecule has 1 aliphatic heterocycles. The third kappa shape index (κ3) is 4.32. The first kappa shape index (κ1) is 18.5. The van der Waals surface area contributed by atoms with Crippen LogP contribution in [0.15, 0.2) is 54.0 Å². The zero-order chi connectivity index (χ0) is 19.3. The van der Waals surface area contributed by atoms with E-state index in [1.54, 1.807) is 23.6 Å². The molecule has 0 atom stereocenters. The van der Waals surface area contributed by atoms with Crippen LogP contribution in [-0.2, 0) is 0 Å². The average Bonchev–Trinajstić information content (AvgIpc) is 3.26. The van der Waals surface area contributed by atoms with E-state index in [9.17, 15) is 4.79 Å². The molecule has 6 nitrogen and oxygen atoms in total. The Hall–Kier alpha value is -2.90. The number of anilines is 3. The Kier molecular flexibility index (Phi) is 5.55. The number of nitrogens with two attached hydrogens (primary N) is 1. The first-order chi connectivity index (χ1) is 13.7. The molecule has 28 heavy (non-hydrogen) atoms. The number of aromatic nitrogens is 1. The van der Waals surface area contributed by atoms with Crippen molar-refractivity contribution in [1.82, 2.24) is 10.3 Å². The van der Waals surface area contributed by atoms with Gasteiger partial charge in [0.25, 0.3) is 5.91 Å². The predicted octanol–water partition coefficient (Wildman–Crippen LogP) is 3.81. The van der Waals surface area contributed by atoms with Gasteiger partial charge in [0, 0.05) is 10.9 Å². The highest BCUT2D eigenvalue weighted by molar-refractivity contribution is 7.13. The minimum absolute atomic E-state index is 0.275. The third-order valence-corrected chi connectivity index (χ3v) is 5.73. The minimum Gasteiger partial charge on any atom is -0.397 e. The second kappa shape index (κ2) is 8.41. The smallest absolute Gasteiger partial charge is 0.274 e. The topological polar surface area (TPSA) is 92.1 Å². The van der Waals surface area contributed by atoms with E-state index in [0.29, 0.717) is 23.1 Å². The molecular formula is C21H23N5OS. The molecule has 1 amide bonds. The van der Waals surface area contributed by atoms with E-state index >= 15 is 0 Å². The number of nitrogen functional groups attached to an aromatic ring is 1. The number of hydrogen-bond donors (Lipinski definition) is 4. The second-order valence-electron chi connectivity index (χ2n) is 6.83. The molecule has 0 saturated carbocycles. The second-order valence-corrected chi connectivity index (χ2v) is 7.78. The summed E-state index contributed by atoms with van der Waals surface area (Å²) in [6.45, 7) is 2.05. The van der Waals surface area contributed by atoms with Gasteiger partial charge in [0.2, 0.25) is 0 Å². The highest BCUT2D eigenvalue weighted by Crippen LogP contribution is 2.30. The fourth-order valence-corrected chi connectivity index (χ4v) is 3.99. The highest BCUT2D eigenvalue weighted by atomic mass is 32.1. The molecule has 5 N–H and O–H groups in total. The molecule has 0 spiro atoms. The van der Waals surface area contributed by atoms with Crippen LogP contribution in [0.25, 0.3) is 10.4 Å². The summed E-state index contributed by atoms with van der Waals surface area (Å²) < 4.78 is 0. The van der Waals surface area contributed by atoms with E-state index < -0.39 is 0 Å². The number of pyridine rings is 1. The number of piperidine rings is 1. The summed E-state index contributed by atoms with van der Waals surface area (Å²) in [5.41, 5.74) is 9.48. The fraction of sp³-hybridized carbons (Fsp3) is 0.238. The van der Waals surface area contributed by atoms with Crippen LogP contribution in [0.5, 0.6) is 0 Å². The Bertz CT molecular complexity index is 934. The fourth-order valence-electron chi connectivity index (χ4n) is 3.26. The van der Waals surface area contributed by atoms with Gasteiger partial charge in [-0.25, -0.2) is 4.98 Å². The average molecular weight is 394 g/mol. The van der Waals surface area contributed by atoms with Crippen molar-refractivity contribution in [2.24, 2.45) is 0 Å². The molecule has 0 bridgehead atoms. The Morgan fingerprint density at radius 3 is 2.75 bits per heavy atom.